The van der Waals surface area contributed by atoms with E-state index in [9.17, 15) is 0 Å². The molecule has 1 radical (unpaired) electrons. The highest BCUT2D eigenvalue weighted by Gasteiger charge is 2.25. The summed E-state index contributed by atoms with van der Waals surface area (Å²) in [4.78, 5) is 10.7. The van der Waals surface area contributed by atoms with Crippen LogP contribution in [0.15, 0.2) is 28.2 Å². The second kappa shape index (κ2) is 3.08. The minimum atomic E-state index is 0.772. The molecular weight excluding hydrogens is 190 g/mol. The summed E-state index contributed by atoms with van der Waals surface area (Å²) < 4.78 is 5.25. The van der Waals surface area contributed by atoms with E-state index in [-0.39, 0.29) is 0 Å². The summed E-state index contributed by atoms with van der Waals surface area (Å²) in [6.45, 7) is 1.68. The number of fused-ring (bicyclic) bond motifs is 3. The summed E-state index contributed by atoms with van der Waals surface area (Å²) in [6, 6.07) is 5.87. The number of amidine groups is 1. The summed E-state index contributed by atoms with van der Waals surface area (Å²) in [5.41, 5.74) is 1.86. The first-order valence-electron chi connectivity index (χ1n) is 4.86. The van der Waals surface area contributed by atoms with Gasteiger partial charge in [-0.15, -0.1) is 0 Å². The fourth-order valence-electron chi connectivity index (χ4n) is 1.87. The van der Waals surface area contributed by atoms with Gasteiger partial charge in [-0.1, -0.05) is 6.07 Å². The Morgan fingerprint density at radius 2 is 2.40 bits per heavy atom. The maximum Gasteiger partial charge on any atom is 0.178 e. The molecule has 0 spiro atoms. The standard InChI is InChI=1S/C11H10N3O/c1-15-9-4-2-3-8-10(9)13-7-14-6-5-12-11(8)14/h2-4H,5-6H2,1H3. The van der Waals surface area contributed by atoms with Gasteiger partial charge in [0.15, 0.2) is 6.34 Å². The smallest absolute Gasteiger partial charge is 0.178 e. The maximum absolute atomic E-state index is 5.25. The molecule has 0 N–H and O–H groups in total. The normalized spacial score (nSPS) is 17.1. The van der Waals surface area contributed by atoms with E-state index in [1.165, 1.54) is 0 Å². The molecule has 3 rings (SSSR count). The predicted octanol–water partition coefficient (Wildman–Crippen LogP) is 1.31. The molecule has 0 fully saturated rings. The van der Waals surface area contributed by atoms with Crippen LogP contribution in [0.25, 0.3) is 0 Å². The van der Waals surface area contributed by atoms with Gasteiger partial charge >= 0.3 is 0 Å². The topological polar surface area (TPSA) is 37.2 Å². The van der Waals surface area contributed by atoms with Crippen LogP contribution in [-0.4, -0.2) is 37.3 Å². The largest absolute Gasteiger partial charge is 0.494 e. The number of hydrogen-bond donors (Lipinski definition) is 0. The molecule has 2 aliphatic rings. The summed E-state index contributed by atoms with van der Waals surface area (Å²) in [7, 11) is 1.65. The van der Waals surface area contributed by atoms with Gasteiger partial charge in [-0.2, -0.15) is 0 Å². The molecule has 4 heteroatoms. The SMILES string of the molecule is COc1cccc2c1N=[C]N1CCN=C21. The van der Waals surface area contributed by atoms with E-state index in [4.69, 9.17) is 4.74 Å². The summed E-state index contributed by atoms with van der Waals surface area (Å²) in [5.74, 6) is 1.73. The summed E-state index contributed by atoms with van der Waals surface area (Å²) in [6.07, 6.45) is 2.96. The molecule has 1 aromatic rings. The molecule has 0 bridgehead atoms. The minimum absolute atomic E-state index is 0.772. The number of ether oxygens (including phenoxy) is 1. The van der Waals surface area contributed by atoms with Crippen LogP contribution in [0.5, 0.6) is 5.75 Å². The van der Waals surface area contributed by atoms with Crippen molar-refractivity contribution >= 4 is 17.9 Å². The Hall–Kier alpha value is -1.84. The van der Waals surface area contributed by atoms with Crippen LogP contribution < -0.4 is 4.74 Å². The van der Waals surface area contributed by atoms with Crippen molar-refractivity contribution in [3.05, 3.63) is 23.8 Å². The highest BCUT2D eigenvalue weighted by molar-refractivity contribution is 6.12. The van der Waals surface area contributed by atoms with E-state index < -0.39 is 0 Å². The molecule has 4 nitrogen and oxygen atoms in total. The van der Waals surface area contributed by atoms with Crippen LogP contribution in [0.2, 0.25) is 0 Å². The van der Waals surface area contributed by atoms with Crippen molar-refractivity contribution < 1.29 is 4.74 Å². The molecule has 0 saturated heterocycles. The molecule has 0 aromatic heterocycles. The van der Waals surface area contributed by atoms with Crippen LogP contribution >= 0.6 is 0 Å². The monoisotopic (exact) mass is 200 g/mol. The van der Waals surface area contributed by atoms with E-state index in [1.807, 2.05) is 23.1 Å². The van der Waals surface area contributed by atoms with E-state index in [0.717, 1.165) is 35.9 Å². The van der Waals surface area contributed by atoms with Gasteiger partial charge in [-0.25, -0.2) is 4.99 Å². The molecule has 2 aliphatic heterocycles. The Kier molecular flexibility index (Phi) is 1.74. The first-order chi connectivity index (χ1) is 7.40. The van der Waals surface area contributed by atoms with Gasteiger partial charge in [0.05, 0.1) is 13.7 Å². The third-order valence-corrected chi connectivity index (χ3v) is 2.58. The fourth-order valence-corrected chi connectivity index (χ4v) is 1.87. The average Bonchev–Trinajstić information content (AvgIpc) is 2.76. The molecule has 0 aliphatic carbocycles. The van der Waals surface area contributed by atoms with Crippen molar-refractivity contribution in [1.29, 1.82) is 0 Å². The summed E-state index contributed by atoms with van der Waals surface area (Å²) in [5, 5.41) is 0. The van der Waals surface area contributed by atoms with Crippen LogP contribution in [0.4, 0.5) is 5.69 Å². The molecule has 15 heavy (non-hydrogen) atoms. The van der Waals surface area contributed by atoms with Gasteiger partial charge < -0.3 is 9.64 Å². The van der Waals surface area contributed by atoms with Gasteiger partial charge in [0.1, 0.15) is 17.3 Å². The van der Waals surface area contributed by atoms with E-state index >= 15 is 0 Å². The zero-order valence-corrected chi connectivity index (χ0v) is 8.40. The first-order valence-corrected chi connectivity index (χ1v) is 4.86. The van der Waals surface area contributed by atoms with Gasteiger partial charge in [-0.3, -0.25) is 4.99 Å². The summed E-state index contributed by atoms with van der Waals surface area (Å²) >= 11 is 0. The van der Waals surface area contributed by atoms with Gasteiger partial charge in [0.25, 0.3) is 0 Å². The van der Waals surface area contributed by atoms with Gasteiger partial charge in [0.2, 0.25) is 0 Å². The number of rotatable bonds is 1. The Morgan fingerprint density at radius 3 is 3.27 bits per heavy atom. The molecule has 0 amide bonds. The number of hydrogen-bond acceptors (Lipinski definition) is 4. The number of nitrogens with zero attached hydrogens (tertiary/aromatic N) is 3. The molecule has 0 saturated carbocycles. The highest BCUT2D eigenvalue weighted by atomic mass is 16.5. The molecule has 0 atom stereocenters. The predicted molar refractivity (Wildman–Crippen MR) is 58.2 cm³/mol. The maximum atomic E-state index is 5.25. The third kappa shape index (κ3) is 1.14. The molecule has 1 aromatic carbocycles. The molecule has 2 heterocycles. The Bertz CT molecular complexity index is 465. The van der Waals surface area contributed by atoms with Crippen molar-refractivity contribution in [3.8, 4) is 5.75 Å². The third-order valence-electron chi connectivity index (χ3n) is 2.58. The van der Waals surface area contributed by atoms with E-state index in [1.54, 1.807) is 7.11 Å². The zero-order chi connectivity index (χ0) is 10.3. The lowest BCUT2D eigenvalue weighted by Gasteiger charge is -2.20. The zero-order valence-electron chi connectivity index (χ0n) is 8.40. The Morgan fingerprint density at radius 1 is 1.47 bits per heavy atom. The van der Waals surface area contributed by atoms with Crippen molar-refractivity contribution in [3.63, 3.8) is 0 Å². The fraction of sp³-hybridized carbons (Fsp3) is 0.273. The van der Waals surface area contributed by atoms with Crippen molar-refractivity contribution in [1.82, 2.24) is 4.90 Å². The number of aliphatic imine (C=N–C) groups is 2. The van der Waals surface area contributed by atoms with Crippen LogP contribution in [0.3, 0.4) is 0 Å². The molecular formula is C11H10N3O. The van der Waals surface area contributed by atoms with Gasteiger partial charge in [0, 0.05) is 12.1 Å². The average molecular weight is 200 g/mol. The van der Waals surface area contributed by atoms with Crippen molar-refractivity contribution in [2.24, 2.45) is 9.98 Å². The lowest BCUT2D eigenvalue weighted by atomic mass is 10.1. The number of para-hydroxylation sites is 1. The van der Waals surface area contributed by atoms with E-state index in [0.29, 0.717) is 0 Å². The van der Waals surface area contributed by atoms with Crippen LogP contribution in [0, 0.1) is 0 Å². The Balaban J connectivity index is 2.21. The number of methoxy groups -OCH3 is 1. The lowest BCUT2D eigenvalue weighted by molar-refractivity contribution is 0.416. The van der Waals surface area contributed by atoms with Gasteiger partial charge in [-0.05, 0) is 12.1 Å². The van der Waals surface area contributed by atoms with Crippen LogP contribution in [0.1, 0.15) is 5.56 Å². The molecule has 0 unspecified atom stereocenters. The first kappa shape index (κ1) is 8.47. The van der Waals surface area contributed by atoms with Crippen LogP contribution in [-0.2, 0) is 0 Å². The van der Waals surface area contributed by atoms with E-state index in [2.05, 4.69) is 16.3 Å². The highest BCUT2D eigenvalue weighted by Crippen LogP contribution is 2.34. The second-order valence-corrected chi connectivity index (χ2v) is 3.43. The quantitative estimate of drug-likeness (QED) is 0.685. The Labute approximate surface area is 87.9 Å². The number of benzene rings is 1. The van der Waals surface area contributed by atoms with Crippen molar-refractivity contribution in [2.45, 2.75) is 0 Å². The minimum Gasteiger partial charge on any atom is -0.494 e. The lowest BCUT2D eigenvalue weighted by Crippen LogP contribution is -2.29. The second-order valence-electron chi connectivity index (χ2n) is 3.43. The molecule has 75 valence electrons. The van der Waals surface area contributed by atoms with Crippen molar-refractivity contribution in [2.75, 3.05) is 20.2 Å².